The summed E-state index contributed by atoms with van der Waals surface area (Å²) in [7, 11) is 0. The molecule has 0 aromatic carbocycles. The van der Waals surface area contributed by atoms with Crippen LogP contribution < -0.4 is 5.32 Å². The Morgan fingerprint density at radius 2 is 2.00 bits per heavy atom. The molecule has 1 N–H and O–H groups in total. The average molecular weight is 258 g/mol. The van der Waals surface area contributed by atoms with Crippen LogP contribution in [0, 0.1) is 6.92 Å². The van der Waals surface area contributed by atoms with Gasteiger partial charge in [0.25, 0.3) is 0 Å². The normalized spacial score (nSPS) is 11.8. The van der Waals surface area contributed by atoms with Crippen molar-refractivity contribution >= 4 is 0 Å². The van der Waals surface area contributed by atoms with Crippen molar-refractivity contribution in [2.75, 3.05) is 0 Å². The van der Waals surface area contributed by atoms with Gasteiger partial charge in [0, 0.05) is 37.2 Å². The van der Waals surface area contributed by atoms with Crippen LogP contribution in [0.4, 0.5) is 0 Å². The molecule has 0 saturated carbocycles. The summed E-state index contributed by atoms with van der Waals surface area (Å²) in [5, 5.41) is 7.84. The molecule has 4 heteroatoms. The minimum Gasteiger partial charge on any atom is -0.308 e. The lowest BCUT2D eigenvalue weighted by molar-refractivity contribution is 0.355. The van der Waals surface area contributed by atoms with Gasteiger partial charge < -0.3 is 5.32 Å². The molecule has 2 rings (SSSR count). The zero-order valence-corrected chi connectivity index (χ0v) is 12.1. The van der Waals surface area contributed by atoms with Gasteiger partial charge in [0.2, 0.25) is 0 Å². The first-order chi connectivity index (χ1) is 8.97. The molecule has 0 bridgehead atoms. The SMILES string of the molecule is Cc1cnccc1CNCc1cnn(C(C)(C)C)c1. The first-order valence-electron chi connectivity index (χ1n) is 6.61. The topological polar surface area (TPSA) is 42.7 Å². The second-order valence-electron chi connectivity index (χ2n) is 5.87. The molecule has 0 amide bonds. The van der Waals surface area contributed by atoms with Crippen molar-refractivity contribution in [3.63, 3.8) is 0 Å². The lowest BCUT2D eigenvalue weighted by Gasteiger charge is -2.18. The zero-order valence-electron chi connectivity index (χ0n) is 12.1. The predicted molar refractivity (Wildman–Crippen MR) is 76.7 cm³/mol. The lowest BCUT2D eigenvalue weighted by atomic mass is 10.1. The molecule has 0 fully saturated rings. The number of nitrogens with zero attached hydrogens (tertiary/aromatic N) is 3. The molecule has 0 unspecified atom stereocenters. The maximum absolute atomic E-state index is 4.40. The van der Waals surface area contributed by atoms with Crippen LogP contribution in [0.3, 0.4) is 0 Å². The van der Waals surface area contributed by atoms with E-state index in [1.165, 1.54) is 16.7 Å². The number of hydrogen-bond acceptors (Lipinski definition) is 3. The molecule has 0 aliphatic carbocycles. The van der Waals surface area contributed by atoms with Crippen molar-refractivity contribution in [1.29, 1.82) is 0 Å². The second kappa shape index (κ2) is 5.53. The van der Waals surface area contributed by atoms with Crippen LogP contribution in [0.2, 0.25) is 0 Å². The Morgan fingerprint density at radius 1 is 1.21 bits per heavy atom. The van der Waals surface area contributed by atoms with E-state index in [-0.39, 0.29) is 5.54 Å². The van der Waals surface area contributed by atoms with E-state index in [1.807, 2.05) is 23.3 Å². The first-order valence-corrected chi connectivity index (χ1v) is 6.61. The van der Waals surface area contributed by atoms with E-state index in [0.29, 0.717) is 0 Å². The van der Waals surface area contributed by atoms with Crippen LogP contribution in [0.15, 0.2) is 30.9 Å². The molecule has 102 valence electrons. The van der Waals surface area contributed by atoms with Gasteiger partial charge in [-0.2, -0.15) is 5.10 Å². The Morgan fingerprint density at radius 3 is 2.63 bits per heavy atom. The summed E-state index contributed by atoms with van der Waals surface area (Å²) in [4.78, 5) is 4.10. The van der Waals surface area contributed by atoms with Crippen molar-refractivity contribution in [3.05, 3.63) is 47.5 Å². The summed E-state index contributed by atoms with van der Waals surface area (Å²) < 4.78 is 2.00. The molecule has 0 aliphatic rings. The van der Waals surface area contributed by atoms with E-state index in [0.717, 1.165) is 13.1 Å². The zero-order chi connectivity index (χ0) is 13.9. The minimum absolute atomic E-state index is 0.0416. The molecule has 4 nitrogen and oxygen atoms in total. The molecule has 19 heavy (non-hydrogen) atoms. The summed E-state index contributed by atoms with van der Waals surface area (Å²) in [6.45, 7) is 10.2. The smallest absolute Gasteiger partial charge is 0.0543 e. The third kappa shape index (κ3) is 3.64. The van der Waals surface area contributed by atoms with Crippen molar-refractivity contribution in [2.45, 2.75) is 46.3 Å². The van der Waals surface area contributed by atoms with E-state index in [2.05, 4.69) is 55.4 Å². The van der Waals surface area contributed by atoms with Gasteiger partial charge in [-0.15, -0.1) is 0 Å². The molecule has 2 aromatic rings. The average Bonchev–Trinajstić information content (AvgIpc) is 2.80. The van der Waals surface area contributed by atoms with Gasteiger partial charge in [0.1, 0.15) is 0 Å². The maximum Gasteiger partial charge on any atom is 0.0543 e. The lowest BCUT2D eigenvalue weighted by Crippen LogP contribution is -2.22. The van der Waals surface area contributed by atoms with Crippen molar-refractivity contribution in [3.8, 4) is 0 Å². The van der Waals surface area contributed by atoms with Gasteiger partial charge in [-0.1, -0.05) is 0 Å². The Bertz CT molecular complexity index is 537. The van der Waals surface area contributed by atoms with Crippen LogP contribution in [0.5, 0.6) is 0 Å². The van der Waals surface area contributed by atoms with E-state index in [4.69, 9.17) is 0 Å². The van der Waals surface area contributed by atoms with Crippen LogP contribution in [-0.2, 0) is 18.6 Å². The van der Waals surface area contributed by atoms with Crippen LogP contribution in [-0.4, -0.2) is 14.8 Å². The highest BCUT2D eigenvalue weighted by molar-refractivity contribution is 5.21. The molecule has 0 radical (unpaired) electrons. The number of pyridine rings is 1. The number of hydrogen-bond donors (Lipinski definition) is 1. The highest BCUT2D eigenvalue weighted by atomic mass is 15.3. The van der Waals surface area contributed by atoms with Gasteiger partial charge in [0.15, 0.2) is 0 Å². The van der Waals surface area contributed by atoms with Gasteiger partial charge in [0.05, 0.1) is 11.7 Å². The highest BCUT2D eigenvalue weighted by Crippen LogP contribution is 2.13. The fourth-order valence-corrected chi connectivity index (χ4v) is 1.86. The molecular weight excluding hydrogens is 236 g/mol. The molecule has 0 aliphatic heterocycles. The standard InChI is InChI=1S/C15H22N4/c1-12-7-16-6-5-14(12)10-17-8-13-9-18-19(11-13)15(2,3)4/h5-7,9,11,17H,8,10H2,1-4H3. The van der Waals surface area contributed by atoms with E-state index < -0.39 is 0 Å². The number of rotatable bonds is 4. The van der Waals surface area contributed by atoms with Crippen LogP contribution in [0.1, 0.15) is 37.5 Å². The van der Waals surface area contributed by atoms with Crippen molar-refractivity contribution in [2.24, 2.45) is 0 Å². The highest BCUT2D eigenvalue weighted by Gasteiger charge is 2.13. The third-order valence-electron chi connectivity index (χ3n) is 3.10. The molecule has 2 heterocycles. The summed E-state index contributed by atoms with van der Waals surface area (Å²) in [5.41, 5.74) is 3.76. The summed E-state index contributed by atoms with van der Waals surface area (Å²) in [5.74, 6) is 0. The Hall–Kier alpha value is -1.68. The number of nitrogens with one attached hydrogen (secondary N) is 1. The summed E-state index contributed by atoms with van der Waals surface area (Å²) in [6.07, 6.45) is 7.76. The second-order valence-corrected chi connectivity index (χ2v) is 5.87. The first kappa shape index (κ1) is 13.7. The Balaban J connectivity index is 1.90. The number of aromatic nitrogens is 3. The van der Waals surface area contributed by atoms with Crippen molar-refractivity contribution < 1.29 is 0 Å². The number of aryl methyl sites for hydroxylation is 1. The molecule has 2 aromatic heterocycles. The van der Waals surface area contributed by atoms with Gasteiger partial charge in [-0.25, -0.2) is 0 Å². The molecule has 0 spiro atoms. The largest absolute Gasteiger partial charge is 0.308 e. The minimum atomic E-state index is 0.0416. The Kier molecular flexibility index (Phi) is 4.00. The fourth-order valence-electron chi connectivity index (χ4n) is 1.86. The van der Waals surface area contributed by atoms with Crippen LogP contribution in [0.25, 0.3) is 0 Å². The van der Waals surface area contributed by atoms with Gasteiger partial charge in [-0.3, -0.25) is 9.67 Å². The molecule has 0 saturated heterocycles. The van der Waals surface area contributed by atoms with Crippen LogP contribution >= 0.6 is 0 Å². The monoisotopic (exact) mass is 258 g/mol. The fraction of sp³-hybridized carbons (Fsp3) is 0.467. The van der Waals surface area contributed by atoms with Crippen molar-refractivity contribution in [1.82, 2.24) is 20.1 Å². The maximum atomic E-state index is 4.40. The quantitative estimate of drug-likeness (QED) is 0.916. The van der Waals surface area contributed by atoms with E-state index in [9.17, 15) is 0 Å². The Labute approximate surface area is 114 Å². The summed E-state index contributed by atoms with van der Waals surface area (Å²) >= 11 is 0. The predicted octanol–water partition coefficient (Wildman–Crippen LogP) is 2.63. The third-order valence-corrected chi connectivity index (χ3v) is 3.10. The molecular formula is C15H22N4. The molecule has 0 atom stereocenters. The summed E-state index contributed by atoms with van der Waals surface area (Å²) in [6, 6.07) is 2.06. The van der Waals surface area contributed by atoms with E-state index in [1.54, 1.807) is 0 Å². The van der Waals surface area contributed by atoms with E-state index >= 15 is 0 Å². The van der Waals surface area contributed by atoms with Gasteiger partial charge in [-0.05, 0) is 44.9 Å². The van der Waals surface area contributed by atoms with Gasteiger partial charge >= 0.3 is 0 Å².